The summed E-state index contributed by atoms with van der Waals surface area (Å²) >= 11 is 0. The molecule has 2 N–H and O–H groups in total. The van der Waals surface area contributed by atoms with E-state index in [2.05, 4.69) is 4.74 Å². The van der Waals surface area contributed by atoms with Gasteiger partial charge in [0.2, 0.25) is 0 Å². The molecule has 0 aromatic carbocycles. The van der Waals surface area contributed by atoms with Crippen molar-refractivity contribution in [1.29, 1.82) is 0 Å². The number of methoxy groups -OCH3 is 1. The molecule has 0 aromatic heterocycles. The van der Waals surface area contributed by atoms with Crippen LogP contribution in [0.25, 0.3) is 0 Å². The number of esters is 1. The second-order valence-electron chi connectivity index (χ2n) is 2.92. The summed E-state index contributed by atoms with van der Waals surface area (Å²) in [5.74, 6) is -0.987. The van der Waals surface area contributed by atoms with Gasteiger partial charge in [0.1, 0.15) is 0 Å². The first kappa shape index (κ1) is 11.6. The van der Waals surface area contributed by atoms with Crippen LogP contribution < -0.4 is 5.73 Å². The Kier molecular flexibility index (Phi) is 4.49. The lowest BCUT2D eigenvalue weighted by Gasteiger charge is -2.33. The fourth-order valence-electron chi connectivity index (χ4n) is 1.25. The van der Waals surface area contributed by atoms with Gasteiger partial charge in [0.25, 0.3) is 0 Å². The Morgan fingerprint density at radius 3 is 2.50 bits per heavy atom. The molecule has 0 radical (unpaired) electrons. The molecule has 1 unspecified atom stereocenters. The average molecular weight is 198 g/mol. The van der Waals surface area contributed by atoms with Crippen molar-refractivity contribution in [2.75, 3.05) is 7.11 Å². The van der Waals surface area contributed by atoms with Gasteiger partial charge < -0.3 is 10.5 Å². The van der Waals surface area contributed by atoms with Crippen molar-refractivity contribution in [3.8, 4) is 0 Å². The summed E-state index contributed by atoms with van der Waals surface area (Å²) in [6, 6.07) is 0.0721. The summed E-state index contributed by atoms with van der Waals surface area (Å²) in [6.45, 7) is 0. The van der Waals surface area contributed by atoms with Gasteiger partial charge >= 0.3 is 5.97 Å². The number of hydrogen-bond donors (Lipinski definition) is 1. The van der Waals surface area contributed by atoms with Gasteiger partial charge in [-0.2, -0.15) is 0 Å². The van der Waals surface area contributed by atoms with E-state index in [0.717, 1.165) is 0 Å². The molecule has 1 aliphatic rings. The van der Waals surface area contributed by atoms with Crippen LogP contribution >= 0.6 is 12.4 Å². The van der Waals surface area contributed by atoms with Crippen LogP contribution in [0.1, 0.15) is 12.8 Å². The molecular weight excluding hydrogens is 185 g/mol. The summed E-state index contributed by atoms with van der Waals surface area (Å²) in [6.07, 6.45) is -0.285. The molecular formula is C7H13ClFNO2. The second-order valence-corrected chi connectivity index (χ2v) is 2.92. The van der Waals surface area contributed by atoms with Crippen LogP contribution in [0.2, 0.25) is 0 Å². The highest BCUT2D eigenvalue weighted by Gasteiger charge is 2.37. The minimum absolute atomic E-state index is 0. The Morgan fingerprint density at radius 2 is 2.17 bits per heavy atom. The number of hydrogen-bond acceptors (Lipinski definition) is 3. The Balaban J connectivity index is 0.00000121. The maximum atomic E-state index is 12.9. The topological polar surface area (TPSA) is 52.3 Å². The average Bonchev–Trinajstić information content (AvgIpc) is 1.96. The first-order valence-corrected chi connectivity index (χ1v) is 3.62. The Hall–Kier alpha value is -0.350. The predicted octanol–water partition coefficient (Wildman–Crippen LogP) is 0.657. The van der Waals surface area contributed by atoms with Gasteiger partial charge in [0.05, 0.1) is 7.11 Å². The maximum Gasteiger partial charge on any atom is 0.340 e. The molecule has 0 amide bonds. The van der Waals surface area contributed by atoms with Crippen LogP contribution in [-0.4, -0.2) is 25.3 Å². The highest BCUT2D eigenvalue weighted by atomic mass is 35.5. The van der Waals surface area contributed by atoms with Crippen molar-refractivity contribution in [3.63, 3.8) is 0 Å². The van der Waals surface area contributed by atoms with Crippen LogP contribution in [0, 0.1) is 5.92 Å². The van der Waals surface area contributed by atoms with Crippen molar-refractivity contribution < 1.29 is 13.9 Å². The third-order valence-corrected chi connectivity index (χ3v) is 2.05. The van der Waals surface area contributed by atoms with E-state index in [1.54, 1.807) is 0 Å². The first-order valence-electron chi connectivity index (χ1n) is 3.62. The van der Waals surface area contributed by atoms with E-state index in [-0.39, 0.29) is 24.4 Å². The standard InChI is InChI=1S/C7H12FNO2.ClH/c1-11-7(10)6(8)4-2-5(9)3-4;/h4-6H,2-3,9H2,1H3;1H. The summed E-state index contributed by atoms with van der Waals surface area (Å²) in [5.41, 5.74) is 5.43. The third-order valence-electron chi connectivity index (χ3n) is 2.05. The van der Waals surface area contributed by atoms with E-state index in [0.29, 0.717) is 12.8 Å². The highest BCUT2D eigenvalue weighted by molar-refractivity contribution is 5.85. The van der Waals surface area contributed by atoms with E-state index in [1.165, 1.54) is 7.11 Å². The zero-order chi connectivity index (χ0) is 8.43. The minimum Gasteiger partial charge on any atom is -0.467 e. The zero-order valence-electron chi connectivity index (χ0n) is 6.83. The lowest BCUT2D eigenvalue weighted by Crippen LogP contribution is -2.43. The molecule has 0 aromatic rings. The van der Waals surface area contributed by atoms with Gasteiger partial charge in [-0.1, -0.05) is 0 Å². The fourth-order valence-corrected chi connectivity index (χ4v) is 1.25. The number of nitrogens with two attached hydrogens (primary N) is 1. The van der Waals surface area contributed by atoms with Crippen LogP contribution in [0.15, 0.2) is 0 Å². The molecule has 1 aliphatic carbocycles. The molecule has 1 fully saturated rings. The zero-order valence-corrected chi connectivity index (χ0v) is 7.64. The van der Waals surface area contributed by atoms with E-state index in [4.69, 9.17) is 5.73 Å². The van der Waals surface area contributed by atoms with Crippen LogP contribution in [-0.2, 0) is 9.53 Å². The maximum absolute atomic E-state index is 12.9. The number of halogens is 2. The van der Waals surface area contributed by atoms with Crippen molar-refractivity contribution in [2.45, 2.75) is 25.1 Å². The molecule has 0 aliphatic heterocycles. The van der Waals surface area contributed by atoms with E-state index >= 15 is 0 Å². The molecule has 12 heavy (non-hydrogen) atoms. The van der Waals surface area contributed by atoms with Crippen molar-refractivity contribution in [3.05, 3.63) is 0 Å². The van der Waals surface area contributed by atoms with E-state index < -0.39 is 12.1 Å². The number of alkyl halides is 1. The molecule has 5 heteroatoms. The molecule has 1 atom stereocenters. The highest BCUT2D eigenvalue weighted by Crippen LogP contribution is 2.30. The summed E-state index contributed by atoms with van der Waals surface area (Å²) in [5, 5.41) is 0. The quantitative estimate of drug-likeness (QED) is 0.662. The van der Waals surface area contributed by atoms with Crippen molar-refractivity contribution in [1.82, 2.24) is 0 Å². The predicted molar refractivity (Wildman–Crippen MR) is 44.9 cm³/mol. The van der Waals surface area contributed by atoms with Crippen LogP contribution in [0.3, 0.4) is 0 Å². The number of carbonyl (C=O) groups is 1. The molecule has 0 saturated heterocycles. The lowest BCUT2D eigenvalue weighted by atomic mass is 9.78. The van der Waals surface area contributed by atoms with Crippen LogP contribution in [0.4, 0.5) is 4.39 Å². The van der Waals surface area contributed by atoms with Gasteiger partial charge in [-0.15, -0.1) is 12.4 Å². The molecule has 3 nitrogen and oxygen atoms in total. The molecule has 0 heterocycles. The SMILES string of the molecule is COC(=O)C(F)C1CC(N)C1.Cl. The first-order chi connectivity index (χ1) is 5.15. The molecule has 0 bridgehead atoms. The van der Waals surface area contributed by atoms with Gasteiger partial charge in [0, 0.05) is 12.0 Å². The fraction of sp³-hybridized carbons (Fsp3) is 0.857. The van der Waals surface area contributed by atoms with E-state index in [9.17, 15) is 9.18 Å². The second kappa shape index (κ2) is 4.62. The number of ether oxygens (including phenoxy) is 1. The smallest absolute Gasteiger partial charge is 0.340 e. The molecule has 0 spiro atoms. The largest absolute Gasteiger partial charge is 0.467 e. The van der Waals surface area contributed by atoms with Gasteiger partial charge in [-0.05, 0) is 12.8 Å². The Bertz CT molecular complexity index is 161. The van der Waals surface area contributed by atoms with Gasteiger partial charge in [-0.3, -0.25) is 0 Å². The Morgan fingerprint density at radius 1 is 1.67 bits per heavy atom. The lowest BCUT2D eigenvalue weighted by molar-refractivity contribution is -0.150. The van der Waals surface area contributed by atoms with Crippen molar-refractivity contribution >= 4 is 18.4 Å². The monoisotopic (exact) mass is 197 g/mol. The van der Waals surface area contributed by atoms with Gasteiger partial charge in [-0.25, -0.2) is 9.18 Å². The molecule has 72 valence electrons. The van der Waals surface area contributed by atoms with Gasteiger partial charge in [0.15, 0.2) is 6.17 Å². The third kappa shape index (κ3) is 2.32. The normalized spacial score (nSPS) is 29.6. The Labute approximate surface area is 76.9 Å². The number of rotatable bonds is 2. The van der Waals surface area contributed by atoms with Crippen LogP contribution in [0.5, 0.6) is 0 Å². The van der Waals surface area contributed by atoms with E-state index in [1.807, 2.05) is 0 Å². The minimum atomic E-state index is -1.47. The summed E-state index contributed by atoms with van der Waals surface area (Å²) in [7, 11) is 1.19. The summed E-state index contributed by atoms with van der Waals surface area (Å²) in [4.78, 5) is 10.6. The number of carbonyl (C=O) groups excluding carboxylic acids is 1. The molecule has 1 rings (SSSR count). The molecule has 1 saturated carbocycles. The van der Waals surface area contributed by atoms with Crippen molar-refractivity contribution in [2.24, 2.45) is 11.7 Å². The summed E-state index contributed by atoms with van der Waals surface area (Å²) < 4.78 is 17.1.